The average Bonchev–Trinajstić information content (AvgIpc) is 3.40. The topological polar surface area (TPSA) is 168 Å². The van der Waals surface area contributed by atoms with E-state index in [4.69, 9.17) is 13.9 Å². The van der Waals surface area contributed by atoms with E-state index >= 15 is 0 Å². The molecule has 3 rings (SSSR count). The van der Waals surface area contributed by atoms with Crippen molar-refractivity contribution in [1.82, 2.24) is 10.2 Å². The highest BCUT2D eigenvalue weighted by molar-refractivity contribution is 6.13. The molecule has 35 heavy (non-hydrogen) atoms. The van der Waals surface area contributed by atoms with Gasteiger partial charge in [-0.05, 0) is 43.7 Å². The number of carbonyl (C=O) groups excluding carboxylic acids is 4. The maximum atomic E-state index is 12.7. The van der Waals surface area contributed by atoms with Gasteiger partial charge in [-0.1, -0.05) is 6.07 Å². The Kier molecular flexibility index (Phi) is 7.49. The number of rotatable bonds is 9. The Morgan fingerprint density at radius 2 is 2.00 bits per heavy atom. The van der Waals surface area contributed by atoms with Crippen molar-refractivity contribution in [2.75, 3.05) is 13.7 Å². The number of imide groups is 1. The lowest BCUT2D eigenvalue weighted by atomic mass is 10.1. The molecule has 1 aromatic carbocycles. The second-order valence-corrected chi connectivity index (χ2v) is 7.13. The van der Waals surface area contributed by atoms with Crippen molar-refractivity contribution < 1.29 is 42.7 Å². The van der Waals surface area contributed by atoms with Crippen molar-refractivity contribution >= 4 is 35.6 Å². The lowest BCUT2D eigenvalue weighted by molar-refractivity contribution is -0.386. The van der Waals surface area contributed by atoms with Crippen molar-refractivity contribution in [2.24, 2.45) is 0 Å². The molecule has 0 spiro atoms. The number of nitro groups is 1. The zero-order chi connectivity index (χ0) is 25.7. The zero-order valence-corrected chi connectivity index (χ0v) is 18.9. The van der Waals surface area contributed by atoms with E-state index in [1.807, 2.05) is 0 Å². The van der Waals surface area contributed by atoms with Crippen LogP contribution in [0.5, 0.6) is 5.75 Å². The molecule has 2 aromatic rings. The van der Waals surface area contributed by atoms with Gasteiger partial charge in [0.15, 0.2) is 11.9 Å². The van der Waals surface area contributed by atoms with Crippen molar-refractivity contribution in [1.29, 1.82) is 0 Å². The fourth-order valence-corrected chi connectivity index (χ4v) is 3.08. The number of methoxy groups -OCH3 is 1. The molecule has 1 aliphatic rings. The van der Waals surface area contributed by atoms with Crippen molar-refractivity contribution in [3.63, 3.8) is 0 Å². The number of benzene rings is 1. The summed E-state index contributed by atoms with van der Waals surface area (Å²) in [6, 6.07) is 5.86. The number of amides is 3. The second-order valence-electron chi connectivity index (χ2n) is 7.13. The Labute approximate surface area is 198 Å². The van der Waals surface area contributed by atoms with Gasteiger partial charge < -0.3 is 23.9 Å². The number of furan rings is 1. The quantitative estimate of drug-likeness (QED) is 0.182. The van der Waals surface area contributed by atoms with E-state index in [1.165, 1.54) is 44.4 Å². The first kappa shape index (κ1) is 25.0. The Balaban J connectivity index is 1.79. The van der Waals surface area contributed by atoms with Crippen LogP contribution in [0.3, 0.4) is 0 Å². The van der Waals surface area contributed by atoms with Crippen LogP contribution in [0.25, 0.3) is 6.08 Å². The smallest absolute Gasteiger partial charge is 0.373 e. The third-order valence-corrected chi connectivity index (χ3v) is 4.74. The normalized spacial score (nSPS) is 15.1. The van der Waals surface area contributed by atoms with Crippen LogP contribution in [0.15, 0.2) is 40.4 Å². The minimum atomic E-state index is -1.08. The zero-order valence-electron chi connectivity index (χ0n) is 18.9. The second kappa shape index (κ2) is 10.5. The minimum Gasteiger partial charge on any atom is -0.472 e. The summed E-state index contributed by atoms with van der Waals surface area (Å²) in [7, 11) is 1.18. The molecule has 0 saturated carbocycles. The standard InChI is InChI=1S/C22H21N3O10/c1-4-33-20(27)12(2)34-17-7-5-13(10-16(17)25(30)31)9-15-19(26)24(22(29)23-15)11-14-6-8-18(35-14)21(28)32-3/h5-10,12H,4,11H2,1-3H3,(H,23,29). The number of ether oxygens (including phenoxy) is 3. The van der Waals surface area contributed by atoms with Gasteiger partial charge in [0.05, 0.1) is 25.2 Å². The third kappa shape index (κ3) is 5.63. The molecule has 1 unspecified atom stereocenters. The Morgan fingerprint density at radius 3 is 2.66 bits per heavy atom. The van der Waals surface area contributed by atoms with E-state index in [2.05, 4.69) is 10.1 Å². The van der Waals surface area contributed by atoms with E-state index < -0.39 is 40.6 Å². The summed E-state index contributed by atoms with van der Waals surface area (Å²) < 4.78 is 20.0. The Morgan fingerprint density at radius 1 is 1.26 bits per heavy atom. The number of urea groups is 1. The number of nitrogens with one attached hydrogen (secondary N) is 1. The van der Waals surface area contributed by atoms with Gasteiger partial charge in [0.25, 0.3) is 5.91 Å². The van der Waals surface area contributed by atoms with E-state index in [0.717, 1.165) is 11.0 Å². The van der Waals surface area contributed by atoms with Gasteiger partial charge in [-0.15, -0.1) is 0 Å². The molecule has 1 saturated heterocycles. The highest BCUT2D eigenvalue weighted by Crippen LogP contribution is 2.30. The highest BCUT2D eigenvalue weighted by Gasteiger charge is 2.34. The summed E-state index contributed by atoms with van der Waals surface area (Å²) >= 11 is 0. The van der Waals surface area contributed by atoms with Crippen molar-refractivity contribution in [2.45, 2.75) is 26.5 Å². The van der Waals surface area contributed by atoms with Crippen LogP contribution >= 0.6 is 0 Å². The first-order chi connectivity index (χ1) is 16.6. The van der Waals surface area contributed by atoms with Crippen LogP contribution in [0.2, 0.25) is 0 Å². The van der Waals surface area contributed by atoms with E-state index in [9.17, 15) is 29.3 Å². The monoisotopic (exact) mass is 487 g/mol. The summed E-state index contributed by atoms with van der Waals surface area (Å²) in [5.74, 6) is -2.17. The predicted molar refractivity (Wildman–Crippen MR) is 117 cm³/mol. The number of esters is 2. The van der Waals surface area contributed by atoms with E-state index in [-0.39, 0.29) is 41.7 Å². The largest absolute Gasteiger partial charge is 0.472 e. The molecule has 13 nitrogen and oxygen atoms in total. The van der Waals surface area contributed by atoms with Crippen LogP contribution in [0, 0.1) is 10.1 Å². The van der Waals surface area contributed by atoms with Crippen LogP contribution in [-0.4, -0.2) is 53.5 Å². The molecule has 1 atom stereocenters. The number of carbonyl (C=O) groups is 4. The molecule has 0 bridgehead atoms. The highest BCUT2D eigenvalue weighted by atomic mass is 16.6. The summed E-state index contributed by atoms with van der Waals surface area (Å²) in [5.41, 5.74) is -0.350. The molecule has 2 heterocycles. The molecule has 184 valence electrons. The van der Waals surface area contributed by atoms with Gasteiger partial charge in [-0.2, -0.15) is 0 Å². The molecule has 0 radical (unpaired) electrons. The molecule has 13 heteroatoms. The SMILES string of the molecule is CCOC(=O)C(C)Oc1ccc(C=C2NC(=O)N(Cc3ccc(C(=O)OC)o3)C2=O)cc1[N+](=O)[O-]. The number of nitro benzene ring substituents is 1. The first-order valence-electron chi connectivity index (χ1n) is 10.3. The molecule has 0 aliphatic carbocycles. The minimum absolute atomic E-state index is 0.0859. The molecule has 1 aromatic heterocycles. The summed E-state index contributed by atoms with van der Waals surface area (Å²) in [6.45, 7) is 2.89. The molecular formula is C22H21N3O10. The molecule has 1 N–H and O–H groups in total. The van der Waals surface area contributed by atoms with Gasteiger partial charge in [0, 0.05) is 6.07 Å². The van der Waals surface area contributed by atoms with E-state index in [0.29, 0.717) is 0 Å². The molecular weight excluding hydrogens is 466 g/mol. The molecule has 3 amide bonds. The number of nitrogens with zero attached hydrogens (tertiary/aromatic N) is 2. The Hall–Kier alpha value is -4.68. The lowest BCUT2D eigenvalue weighted by Crippen LogP contribution is -2.30. The van der Waals surface area contributed by atoms with Crippen molar-refractivity contribution in [3.05, 3.63) is 63.2 Å². The number of hydrogen-bond acceptors (Lipinski definition) is 10. The van der Waals surface area contributed by atoms with Crippen LogP contribution in [-0.2, 0) is 25.6 Å². The van der Waals surface area contributed by atoms with Gasteiger partial charge in [-0.3, -0.25) is 19.8 Å². The van der Waals surface area contributed by atoms with Gasteiger partial charge in [-0.25, -0.2) is 14.4 Å². The van der Waals surface area contributed by atoms with Crippen LogP contribution < -0.4 is 10.1 Å². The summed E-state index contributed by atoms with van der Waals surface area (Å²) in [5, 5.41) is 13.9. The fraction of sp³-hybridized carbons (Fsp3) is 0.273. The van der Waals surface area contributed by atoms with Gasteiger partial charge >= 0.3 is 23.7 Å². The fourth-order valence-electron chi connectivity index (χ4n) is 3.08. The van der Waals surface area contributed by atoms with Crippen molar-refractivity contribution in [3.8, 4) is 5.75 Å². The third-order valence-electron chi connectivity index (χ3n) is 4.74. The van der Waals surface area contributed by atoms with Gasteiger partial charge in [0.1, 0.15) is 11.5 Å². The average molecular weight is 487 g/mol. The number of hydrogen-bond donors (Lipinski definition) is 1. The first-order valence-corrected chi connectivity index (χ1v) is 10.3. The van der Waals surface area contributed by atoms with E-state index in [1.54, 1.807) is 6.92 Å². The van der Waals surface area contributed by atoms with Gasteiger partial charge in [0.2, 0.25) is 5.76 Å². The summed E-state index contributed by atoms with van der Waals surface area (Å²) in [6.07, 6.45) is 0.178. The molecule has 1 aliphatic heterocycles. The predicted octanol–water partition coefficient (Wildman–Crippen LogP) is 2.40. The maximum Gasteiger partial charge on any atom is 0.373 e. The van der Waals surface area contributed by atoms with Crippen LogP contribution in [0.1, 0.15) is 35.7 Å². The van der Waals surface area contributed by atoms with Crippen LogP contribution in [0.4, 0.5) is 10.5 Å². The Bertz CT molecular complexity index is 1220. The summed E-state index contributed by atoms with van der Waals surface area (Å²) in [4.78, 5) is 60.0. The lowest BCUT2D eigenvalue weighted by Gasteiger charge is -2.13. The molecule has 1 fully saturated rings. The maximum absolute atomic E-state index is 12.7.